The van der Waals surface area contributed by atoms with Crippen LogP contribution in [0.5, 0.6) is 0 Å². The van der Waals surface area contributed by atoms with Crippen LogP contribution in [-0.4, -0.2) is 17.5 Å². The van der Waals surface area contributed by atoms with E-state index in [2.05, 4.69) is 46.0 Å². The normalized spacial score (nSPS) is 21.1. The van der Waals surface area contributed by atoms with Gasteiger partial charge in [0.05, 0.1) is 3.79 Å². The van der Waals surface area contributed by atoms with Crippen LogP contribution < -0.4 is 5.32 Å². The summed E-state index contributed by atoms with van der Waals surface area (Å²) < 4.78 is 1.27. The van der Waals surface area contributed by atoms with Crippen molar-refractivity contribution in [1.82, 2.24) is 5.32 Å². The zero-order valence-electron chi connectivity index (χ0n) is 8.88. The van der Waals surface area contributed by atoms with E-state index in [-0.39, 0.29) is 0 Å². The van der Waals surface area contributed by atoms with Crippen LogP contribution in [0.25, 0.3) is 0 Å². The Morgan fingerprint density at radius 1 is 1.60 bits per heavy atom. The van der Waals surface area contributed by atoms with Gasteiger partial charge in [-0.05, 0) is 53.1 Å². The smallest absolute Gasteiger partial charge is 0.0730 e. The van der Waals surface area contributed by atoms with Crippen LogP contribution in [0.4, 0.5) is 0 Å². The van der Waals surface area contributed by atoms with Crippen molar-refractivity contribution in [2.75, 3.05) is 12.3 Å². The molecule has 1 atom stereocenters. The summed E-state index contributed by atoms with van der Waals surface area (Å²) in [6, 6.07) is 2.27. The zero-order valence-corrected chi connectivity index (χ0v) is 12.1. The predicted molar refractivity (Wildman–Crippen MR) is 73.9 cm³/mol. The Morgan fingerprint density at radius 3 is 3.07 bits per heavy atom. The van der Waals surface area contributed by atoms with Gasteiger partial charge in [0, 0.05) is 23.2 Å². The standard InChI is InChI=1S/C11H16BrNS2/c1-8-5-10(15-11(8)12)7-13-6-9-3-2-4-14-9/h5,9,13H,2-4,6-7H2,1H3. The minimum Gasteiger partial charge on any atom is -0.311 e. The molecule has 84 valence electrons. The van der Waals surface area contributed by atoms with Crippen molar-refractivity contribution in [3.8, 4) is 0 Å². The molecule has 0 radical (unpaired) electrons. The van der Waals surface area contributed by atoms with Crippen molar-refractivity contribution in [2.45, 2.75) is 31.6 Å². The van der Waals surface area contributed by atoms with Crippen molar-refractivity contribution in [3.63, 3.8) is 0 Å². The van der Waals surface area contributed by atoms with Gasteiger partial charge in [-0.2, -0.15) is 11.8 Å². The summed E-state index contributed by atoms with van der Waals surface area (Å²) in [4.78, 5) is 1.43. The Labute approximate surface area is 108 Å². The lowest BCUT2D eigenvalue weighted by Crippen LogP contribution is -2.22. The van der Waals surface area contributed by atoms with E-state index in [4.69, 9.17) is 0 Å². The van der Waals surface area contributed by atoms with Gasteiger partial charge in [0.25, 0.3) is 0 Å². The molecule has 0 aliphatic carbocycles. The topological polar surface area (TPSA) is 12.0 Å². The van der Waals surface area contributed by atoms with Crippen molar-refractivity contribution in [1.29, 1.82) is 0 Å². The number of hydrogen-bond donors (Lipinski definition) is 1. The van der Waals surface area contributed by atoms with Gasteiger partial charge < -0.3 is 5.32 Å². The second kappa shape index (κ2) is 5.71. The van der Waals surface area contributed by atoms with Crippen LogP contribution in [0.2, 0.25) is 0 Å². The Morgan fingerprint density at radius 2 is 2.47 bits per heavy atom. The Hall–Kier alpha value is 0.490. The zero-order chi connectivity index (χ0) is 10.7. The predicted octanol–water partition coefficient (Wildman–Crippen LogP) is 3.80. The maximum atomic E-state index is 3.56. The van der Waals surface area contributed by atoms with Gasteiger partial charge in [-0.3, -0.25) is 0 Å². The van der Waals surface area contributed by atoms with E-state index in [0.717, 1.165) is 11.8 Å². The molecule has 1 aromatic heterocycles. The molecule has 0 spiro atoms. The van der Waals surface area contributed by atoms with Crippen LogP contribution in [0, 0.1) is 6.92 Å². The van der Waals surface area contributed by atoms with E-state index in [0.29, 0.717) is 0 Å². The molecule has 1 saturated heterocycles. The summed E-state index contributed by atoms with van der Waals surface area (Å²) in [5.41, 5.74) is 1.35. The lowest BCUT2D eigenvalue weighted by atomic mass is 10.2. The molecule has 1 fully saturated rings. The number of thioether (sulfide) groups is 1. The second-order valence-electron chi connectivity index (χ2n) is 3.94. The fourth-order valence-corrected chi connectivity index (χ4v) is 4.61. The summed E-state index contributed by atoms with van der Waals surface area (Å²) in [6.45, 7) is 4.34. The quantitative estimate of drug-likeness (QED) is 0.908. The third-order valence-electron chi connectivity index (χ3n) is 2.60. The van der Waals surface area contributed by atoms with Crippen molar-refractivity contribution < 1.29 is 0 Å². The fourth-order valence-electron chi connectivity index (χ4n) is 1.77. The first kappa shape index (κ1) is 12.0. The van der Waals surface area contributed by atoms with E-state index in [1.165, 1.54) is 39.4 Å². The summed E-state index contributed by atoms with van der Waals surface area (Å²) in [5.74, 6) is 1.36. The van der Waals surface area contributed by atoms with Gasteiger partial charge in [0.2, 0.25) is 0 Å². The Balaban J connectivity index is 1.73. The van der Waals surface area contributed by atoms with E-state index >= 15 is 0 Å². The Kier molecular flexibility index (Phi) is 4.55. The number of aryl methyl sites for hydroxylation is 1. The lowest BCUT2D eigenvalue weighted by Gasteiger charge is -2.08. The van der Waals surface area contributed by atoms with E-state index in [1.54, 1.807) is 0 Å². The van der Waals surface area contributed by atoms with E-state index in [9.17, 15) is 0 Å². The minimum absolute atomic E-state index is 0.856. The largest absolute Gasteiger partial charge is 0.311 e. The molecule has 1 nitrogen and oxygen atoms in total. The third-order valence-corrected chi connectivity index (χ3v) is 6.14. The summed E-state index contributed by atoms with van der Waals surface area (Å²) in [7, 11) is 0. The van der Waals surface area contributed by atoms with Crippen LogP contribution in [-0.2, 0) is 6.54 Å². The lowest BCUT2D eigenvalue weighted by molar-refractivity contribution is 0.650. The molecule has 0 amide bonds. The summed E-state index contributed by atoms with van der Waals surface area (Å²) in [6.07, 6.45) is 2.80. The minimum atomic E-state index is 0.856. The third kappa shape index (κ3) is 3.48. The first-order valence-corrected chi connectivity index (χ1v) is 7.98. The highest BCUT2D eigenvalue weighted by Gasteiger charge is 2.14. The highest BCUT2D eigenvalue weighted by atomic mass is 79.9. The molecule has 0 aromatic carbocycles. The highest BCUT2D eigenvalue weighted by Crippen LogP contribution is 2.28. The summed E-state index contributed by atoms with van der Waals surface area (Å²) >= 11 is 7.52. The van der Waals surface area contributed by atoms with Gasteiger partial charge in [0.15, 0.2) is 0 Å². The number of nitrogens with one attached hydrogen (secondary N) is 1. The number of thiophene rings is 1. The molecule has 1 aromatic rings. The molecule has 1 aliphatic heterocycles. The van der Waals surface area contributed by atoms with Gasteiger partial charge in [-0.15, -0.1) is 11.3 Å². The van der Waals surface area contributed by atoms with Gasteiger partial charge in [0.1, 0.15) is 0 Å². The SMILES string of the molecule is Cc1cc(CNCC2CCCS2)sc1Br. The average Bonchev–Trinajstić information content (AvgIpc) is 2.79. The number of rotatable bonds is 4. The van der Waals surface area contributed by atoms with E-state index in [1.807, 2.05) is 11.3 Å². The first-order valence-electron chi connectivity index (χ1n) is 5.33. The second-order valence-corrected chi connectivity index (χ2v) is 7.80. The molecular formula is C11H16BrNS2. The molecule has 0 saturated carbocycles. The number of hydrogen-bond acceptors (Lipinski definition) is 3. The van der Waals surface area contributed by atoms with Crippen LogP contribution in [0.3, 0.4) is 0 Å². The molecule has 2 rings (SSSR count). The fraction of sp³-hybridized carbons (Fsp3) is 0.636. The molecule has 1 unspecified atom stereocenters. The van der Waals surface area contributed by atoms with Crippen molar-refractivity contribution in [3.05, 3.63) is 20.3 Å². The number of halogens is 1. The maximum absolute atomic E-state index is 3.56. The molecule has 1 aliphatic rings. The van der Waals surface area contributed by atoms with Crippen molar-refractivity contribution >= 4 is 39.0 Å². The molecule has 15 heavy (non-hydrogen) atoms. The summed E-state index contributed by atoms with van der Waals surface area (Å²) in [5, 5.41) is 4.41. The monoisotopic (exact) mass is 305 g/mol. The Bertz CT molecular complexity index is 299. The van der Waals surface area contributed by atoms with Gasteiger partial charge >= 0.3 is 0 Å². The van der Waals surface area contributed by atoms with Crippen LogP contribution >= 0.6 is 39.0 Å². The highest BCUT2D eigenvalue weighted by molar-refractivity contribution is 9.11. The maximum Gasteiger partial charge on any atom is 0.0730 e. The molecule has 1 N–H and O–H groups in total. The average molecular weight is 306 g/mol. The van der Waals surface area contributed by atoms with Gasteiger partial charge in [-0.1, -0.05) is 0 Å². The molecule has 2 heterocycles. The van der Waals surface area contributed by atoms with Crippen LogP contribution in [0.15, 0.2) is 9.85 Å². The molecule has 0 bridgehead atoms. The van der Waals surface area contributed by atoms with E-state index < -0.39 is 0 Å². The first-order chi connectivity index (χ1) is 7.25. The van der Waals surface area contributed by atoms with Crippen LogP contribution in [0.1, 0.15) is 23.3 Å². The van der Waals surface area contributed by atoms with Crippen molar-refractivity contribution in [2.24, 2.45) is 0 Å². The molecular weight excluding hydrogens is 290 g/mol. The molecule has 4 heteroatoms. The van der Waals surface area contributed by atoms with Gasteiger partial charge in [-0.25, -0.2) is 0 Å².